The van der Waals surface area contributed by atoms with Crippen molar-refractivity contribution in [2.45, 2.75) is 33.1 Å². The first-order valence-corrected chi connectivity index (χ1v) is 7.07. The van der Waals surface area contributed by atoms with E-state index in [0.29, 0.717) is 5.95 Å². The largest absolute Gasteiger partial charge is 0.291 e. The smallest absolute Gasteiger partial charge is 0.252 e. The van der Waals surface area contributed by atoms with Gasteiger partial charge in [0, 0.05) is 6.07 Å². The fourth-order valence-electron chi connectivity index (χ4n) is 1.83. The number of aromatic amines is 1. The molecule has 1 aromatic heterocycles. The molecule has 0 atom stereocenters. The Morgan fingerprint density at radius 1 is 1.33 bits per heavy atom. The molecule has 21 heavy (non-hydrogen) atoms. The number of hydrazone groups is 1. The quantitative estimate of drug-likeness (QED) is 0.655. The maximum absolute atomic E-state index is 11.5. The Morgan fingerprint density at radius 3 is 2.67 bits per heavy atom. The molecule has 5 heteroatoms. The second-order valence-electron chi connectivity index (χ2n) is 5.14. The molecule has 0 aliphatic carbocycles. The van der Waals surface area contributed by atoms with Crippen molar-refractivity contribution in [1.29, 1.82) is 0 Å². The summed E-state index contributed by atoms with van der Waals surface area (Å²) in [5.74, 6) is 0.547. The van der Waals surface area contributed by atoms with E-state index in [-0.39, 0.29) is 11.5 Å². The van der Waals surface area contributed by atoms with Gasteiger partial charge in [-0.25, -0.2) is 10.4 Å². The molecule has 0 aliphatic rings. The third kappa shape index (κ3) is 4.27. The standard InChI is InChI=1S/C16H20N4O/c1-4-12-5-7-13(8-6-12)10-17-20-16-18-14(11(2)3)9-15(21)19-16/h5-11H,4H2,1-3H3,(H2,18,19,20,21)/b17-10-. The monoisotopic (exact) mass is 284 g/mol. The number of anilines is 1. The minimum Gasteiger partial charge on any atom is -0.291 e. The molecule has 5 nitrogen and oxygen atoms in total. The van der Waals surface area contributed by atoms with Gasteiger partial charge in [0.15, 0.2) is 0 Å². The summed E-state index contributed by atoms with van der Waals surface area (Å²) in [5, 5.41) is 4.10. The molecular formula is C16H20N4O. The Balaban J connectivity index is 2.08. The SMILES string of the molecule is CCc1ccc(/C=N\Nc2nc(C(C)C)cc(=O)[nH]2)cc1. The van der Waals surface area contributed by atoms with E-state index < -0.39 is 0 Å². The summed E-state index contributed by atoms with van der Waals surface area (Å²) < 4.78 is 0. The van der Waals surface area contributed by atoms with Gasteiger partial charge in [-0.15, -0.1) is 0 Å². The van der Waals surface area contributed by atoms with Crippen molar-refractivity contribution < 1.29 is 0 Å². The summed E-state index contributed by atoms with van der Waals surface area (Å²) in [4.78, 5) is 18.5. The van der Waals surface area contributed by atoms with Gasteiger partial charge in [-0.1, -0.05) is 45.0 Å². The Hall–Kier alpha value is -2.43. The van der Waals surface area contributed by atoms with Crippen LogP contribution < -0.4 is 11.0 Å². The lowest BCUT2D eigenvalue weighted by Gasteiger charge is -2.05. The van der Waals surface area contributed by atoms with Crippen molar-refractivity contribution in [3.63, 3.8) is 0 Å². The number of hydrogen-bond donors (Lipinski definition) is 2. The van der Waals surface area contributed by atoms with Gasteiger partial charge in [0.25, 0.3) is 5.56 Å². The van der Waals surface area contributed by atoms with Crippen LogP contribution >= 0.6 is 0 Å². The highest BCUT2D eigenvalue weighted by Crippen LogP contribution is 2.10. The van der Waals surface area contributed by atoms with Crippen LogP contribution in [0.1, 0.15) is 43.5 Å². The minimum atomic E-state index is -0.182. The van der Waals surface area contributed by atoms with E-state index in [1.165, 1.54) is 11.6 Å². The van der Waals surface area contributed by atoms with Gasteiger partial charge in [0.05, 0.1) is 11.9 Å². The number of H-pyrrole nitrogens is 1. The van der Waals surface area contributed by atoms with Gasteiger partial charge >= 0.3 is 0 Å². The van der Waals surface area contributed by atoms with Crippen molar-refractivity contribution in [3.05, 3.63) is 57.5 Å². The number of benzene rings is 1. The number of nitrogens with zero attached hydrogens (tertiary/aromatic N) is 2. The zero-order valence-corrected chi connectivity index (χ0v) is 12.6. The van der Waals surface area contributed by atoms with Gasteiger partial charge in [0.1, 0.15) is 0 Å². The summed E-state index contributed by atoms with van der Waals surface area (Å²) in [5.41, 5.74) is 5.59. The lowest BCUT2D eigenvalue weighted by molar-refractivity contribution is 0.810. The van der Waals surface area contributed by atoms with Gasteiger partial charge < -0.3 is 0 Å². The Labute approximate surface area is 124 Å². The Bertz CT molecular complexity index is 671. The summed E-state index contributed by atoms with van der Waals surface area (Å²) in [6, 6.07) is 9.65. The summed E-state index contributed by atoms with van der Waals surface area (Å²) in [7, 11) is 0. The lowest BCUT2D eigenvalue weighted by atomic mass is 10.1. The summed E-state index contributed by atoms with van der Waals surface area (Å²) in [6.45, 7) is 6.10. The molecule has 0 unspecified atom stereocenters. The maximum atomic E-state index is 11.5. The highest BCUT2D eigenvalue weighted by Gasteiger charge is 2.04. The minimum absolute atomic E-state index is 0.182. The van der Waals surface area contributed by atoms with Crippen LogP contribution in [0.4, 0.5) is 5.95 Å². The van der Waals surface area contributed by atoms with Crippen LogP contribution in [0, 0.1) is 0 Å². The van der Waals surface area contributed by atoms with Gasteiger partial charge in [0.2, 0.25) is 5.95 Å². The van der Waals surface area contributed by atoms with Crippen LogP contribution in [0.2, 0.25) is 0 Å². The predicted molar refractivity (Wildman–Crippen MR) is 86.0 cm³/mol. The second-order valence-corrected chi connectivity index (χ2v) is 5.14. The highest BCUT2D eigenvalue weighted by atomic mass is 16.1. The Morgan fingerprint density at radius 2 is 2.05 bits per heavy atom. The van der Waals surface area contributed by atoms with E-state index in [2.05, 4.69) is 39.6 Å². The van der Waals surface area contributed by atoms with Crippen LogP contribution in [0.3, 0.4) is 0 Å². The molecule has 0 fully saturated rings. The first kappa shape index (κ1) is 15.0. The van der Waals surface area contributed by atoms with Crippen LogP contribution in [0.25, 0.3) is 0 Å². The van der Waals surface area contributed by atoms with Crippen LogP contribution in [0.5, 0.6) is 0 Å². The normalized spacial score (nSPS) is 11.2. The molecule has 2 N–H and O–H groups in total. The lowest BCUT2D eigenvalue weighted by Crippen LogP contribution is -2.12. The zero-order chi connectivity index (χ0) is 15.2. The van der Waals surface area contributed by atoms with Crippen molar-refractivity contribution in [2.24, 2.45) is 5.10 Å². The number of nitrogens with one attached hydrogen (secondary N) is 2. The van der Waals surface area contributed by atoms with E-state index in [9.17, 15) is 4.79 Å². The molecule has 0 radical (unpaired) electrons. The molecule has 1 aromatic carbocycles. The van der Waals surface area contributed by atoms with Gasteiger partial charge in [-0.3, -0.25) is 9.78 Å². The fraction of sp³-hybridized carbons (Fsp3) is 0.312. The van der Waals surface area contributed by atoms with E-state index in [1.54, 1.807) is 6.21 Å². The van der Waals surface area contributed by atoms with Gasteiger partial charge in [-0.2, -0.15) is 5.10 Å². The molecular weight excluding hydrogens is 264 g/mol. The maximum Gasteiger partial charge on any atom is 0.252 e. The molecule has 1 heterocycles. The van der Waals surface area contributed by atoms with Crippen LogP contribution in [0.15, 0.2) is 40.2 Å². The molecule has 0 spiro atoms. The number of rotatable bonds is 5. The molecule has 0 saturated heterocycles. The van der Waals surface area contributed by atoms with Crippen molar-refractivity contribution in [3.8, 4) is 0 Å². The topological polar surface area (TPSA) is 70.1 Å². The fourth-order valence-corrected chi connectivity index (χ4v) is 1.83. The molecule has 110 valence electrons. The first-order chi connectivity index (χ1) is 10.1. The molecule has 2 rings (SSSR count). The average molecular weight is 284 g/mol. The zero-order valence-electron chi connectivity index (χ0n) is 12.6. The van der Waals surface area contributed by atoms with Crippen molar-refractivity contribution in [1.82, 2.24) is 9.97 Å². The summed E-state index contributed by atoms with van der Waals surface area (Å²) in [6.07, 6.45) is 2.71. The molecule has 2 aromatic rings. The average Bonchev–Trinajstić information content (AvgIpc) is 2.47. The first-order valence-electron chi connectivity index (χ1n) is 7.07. The molecule has 0 aliphatic heterocycles. The van der Waals surface area contributed by atoms with Crippen LogP contribution in [-0.4, -0.2) is 16.2 Å². The number of aromatic nitrogens is 2. The number of hydrogen-bond acceptors (Lipinski definition) is 4. The second kappa shape index (κ2) is 6.83. The number of aryl methyl sites for hydroxylation is 1. The Kier molecular flexibility index (Phi) is 4.87. The van der Waals surface area contributed by atoms with Gasteiger partial charge in [-0.05, 0) is 23.5 Å². The molecule has 0 amide bonds. The van der Waals surface area contributed by atoms with Crippen molar-refractivity contribution >= 4 is 12.2 Å². The van der Waals surface area contributed by atoms with E-state index in [0.717, 1.165) is 17.7 Å². The predicted octanol–water partition coefficient (Wildman–Crippen LogP) is 2.90. The highest BCUT2D eigenvalue weighted by molar-refractivity contribution is 5.80. The van der Waals surface area contributed by atoms with E-state index in [4.69, 9.17) is 0 Å². The van der Waals surface area contributed by atoms with E-state index in [1.807, 2.05) is 26.0 Å². The third-order valence-electron chi connectivity index (χ3n) is 3.13. The third-order valence-corrected chi connectivity index (χ3v) is 3.13. The van der Waals surface area contributed by atoms with Crippen LogP contribution in [-0.2, 0) is 6.42 Å². The molecule has 0 saturated carbocycles. The summed E-state index contributed by atoms with van der Waals surface area (Å²) >= 11 is 0. The van der Waals surface area contributed by atoms with E-state index >= 15 is 0 Å². The molecule has 0 bridgehead atoms. The van der Waals surface area contributed by atoms with Crippen molar-refractivity contribution in [2.75, 3.05) is 5.43 Å².